The first-order valence-corrected chi connectivity index (χ1v) is 7.37. The van der Waals surface area contributed by atoms with E-state index in [1.54, 1.807) is 0 Å². The van der Waals surface area contributed by atoms with E-state index in [-0.39, 0.29) is 0 Å². The van der Waals surface area contributed by atoms with Gasteiger partial charge in [0.05, 0.1) is 10.6 Å². The molecule has 0 aliphatic rings. The number of thiophene rings is 1. The molecule has 21 heavy (non-hydrogen) atoms. The number of carbonyl (C=O) groups excluding carboxylic acids is 1. The average molecular weight is 294 g/mol. The lowest BCUT2D eigenvalue weighted by Gasteiger charge is -2.05. The Morgan fingerprint density at radius 3 is 2.05 bits per heavy atom. The summed E-state index contributed by atoms with van der Waals surface area (Å²) in [6, 6.07) is 18.2. The molecule has 4 heteroatoms. The molecule has 3 aromatic rings. The van der Waals surface area contributed by atoms with Crippen molar-refractivity contribution in [3.8, 4) is 22.3 Å². The second-order valence-corrected chi connectivity index (χ2v) is 5.61. The Labute approximate surface area is 126 Å². The standard InChI is InChI=1S/C17H14N2OS/c18-16(20)15-14(10-21-17(15)19)13-8-6-12(7-9-13)11-4-2-1-3-5-11/h1-10H,19H2,(H2,18,20). The topological polar surface area (TPSA) is 69.1 Å². The molecule has 0 radical (unpaired) electrons. The smallest absolute Gasteiger partial charge is 0.252 e. The monoisotopic (exact) mass is 294 g/mol. The summed E-state index contributed by atoms with van der Waals surface area (Å²) in [4.78, 5) is 11.5. The van der Waals surface area contributed by atoms with Gasteiger partial charge in [-0.25, -0.2) is 0 Å². The fourth-order valence-corrected chi connectivity index (χ4v) is 3.14. The van der Waals surface area contributed by atoms with Crippen LogP contribution in [0.1, 0.15) is 10.4 Å². The number of hydrogen-bond acceptors (Lipinski definition) is 3. The summed E-state index contributed by atoms with van der Waals surface area (Å²) in [6.07, 6.45) is 0. The number of amides is 1. The van der Waals surface area contributed by atoms with Crippen LogP contribution in [0.15, 0.2) is 60.0 Å². The molecule has 0 saturated heterocycles. The van der Waals surface area contributed by atoms with Gasteiger partial charge in [0.25, 0.3) is 5.91 Å². The fraction of sp³-hybridized carbons (Fsp3) is 0. The van der Waals surface area contributed by atoms with Gasteiger partial charge in [-0.2, -0.15) is 0 Å². The summed E-state index contributed by atoms with van der Waals surface area (Å²) in [5.74, 6) is -0.490. The first kappa shape index (κ1) is 13.4. The number of benzene rings is 2. The van der Waals surface area contributed by atoms with Gasteiger partial charge in [0.2, 0.25) is 0 Å². The molecule has 1 amide bonds. The van der Waals surface area contributed by atoms with E-state index in [1.807, 2.05) is 47.8 Å². The van der Waals surface area contributed by atoms with Gasteiger partial charge in [-0.05, 0) is 16.7 Å². The third kappa shape index (κ3) is 2.53. The van der Waals surface area contributed by atoms with Crippen LogP contribution in [0.2, 0.25) is 0 Å². The quantitative estimate of drug-likeness (QED) is 0.772. The molecule has 2 aromatic carbocycles. The second-order valence-electron chi connectivity index (χ2n) is 4.70. The predicted molar refractivity (Wildman–Crippen MR) is 88.1 cm³/mol. The van der Waals surface area contributed by atoms with Crippen molar-refractivity contribution in [1.29, 1.82) is 0 Å². The third-order valence-corrected chi connectivity index (χ3v) is 4.18. The normalized spacial score (nSPS) is 10.5. The first-order valence-electron chi connectivity index (χ1n) is 6.49. The van der Waals surface area contributed by atoms with Gasteiger partial charge < -0.3 is 11.5 Å². The summed E-state index contributed by atoms with van der Waals surface area (Å²) in [6.45, 7) is 0. The minimum absolute atomic E-state index is 0.410. The number of rotatable bonds is 3. The highest BCUT2D eigenvalue weighted by molar-refractivity contribution is 7.15. The van der Waals surface area contributed by atoms with E-state index in [1.165, 1.54) is 11.3 Å². The van der Waals surface area contributed by atoms with Crippen LogP contribution >= 0.6 is 11.3 Å². The van der Waals surface area contributed by atoms with Crippen molar-refractivity contribution in [3.63, 3.8) is 0 Å². The van der Waals surface area contributed by atoms with Crippen LogP contribution < -0.4 is 11.5 Å². The fourth-order valence-electron chi connectivity index (χ4n) is 2.31. The second kappa shape index (κ2) is 5.42. The molecule has 1 aromatic heterocycles. The van der Waals surface area contributed by atoms with E-state index in [0.717, 1.165) is 22.3 Å². The Hall–Kier alpha value is -2.59. The third-order valence-electron chi connectivity index (χ3n) is 3.37. The van der Waals surface area contributed by atoms with Crippen molar-refractivity contribution in [1.82, 2.24) is 0 Å². The summed E-state index contributed by atoms with van der Waals surface area (Å²) in [5, 5.41) is 2.33. The predicted octanol–water partition coefficient (Wildman–Crippen LogP) is 3.76. The number of carbonyl (C=O) groups is 1. The van der Waals surface area contributed by atoms with Gasteiger partial charge >= 0.3 is 0 Å². The minimum atomic E-state index is -0.490. The maximum absolute atomic E-state index is 11.5. The SMILES string of the molecule is NC(=O)c1c(-c2ccc(-c3ccccc3)cc2)csc1N. The molecule has 0 spiro atoms. The molecule has 0 aliphatic heterocycles. The van der Waals surface area contributed by atoms with Crippen molar-refractivity contribution in [2.24, 2.45) is 5.73 Å². The van der Waals surface area contributed by atoms with Crippen LogP contribution in [0.4, 0.5) is 5.00 Å². The van der Waals surface area contributed by atoms with Crippen LogP contribution in [0.5, 0.6) is 0 Å². The number of primary amides is 1. The molecule has 0 saturated carbocycles. The molecule has 104 valence electrons. The lowest BCUT2D eigenvalue weighted by Crippen LogP contribution is -2.12. The molecule has 4 N–H and O–H groups in total. The van der Waals surface area contributed by atoms with Crippen LogP contribution in [0.25, 0.3) is 22.3 Å². The zero-order valence-electron chi connectivity index (χ0n) is 11.2. The highest BCUT2D eigenvalue weighted by Crippen LogP contribution is 2.34. The van der Waals surface area contributed by atoms with Crippen LogP contribution in [0, 0.1) is 0 Å². The summed E-state index contributed by atoms with van der Waals surface area (Å²) < 4.78 is 0. The molecule has 0 atom stereocenters. The molecule has 0 aliphatic carbocycles. The Kier molecular flexibility index (Phi) is 3.46. The number of nitrogen functional groups attached to an aromatic ring is 1. The molecule has 3 nitrogen and oxygen atoms in total. The van der Waals surface area contributed by atoms with Gasteiger partial charge in [0.1, 0.15) is 0 Å². The Balaban J connectivity index is 2.01. The number of anilines is 1. The first-order chi connectivity index (χ1) is 10.2. The minimum Gasteiger partial charge on any atom is -0.390 e. The molecule has 0 unspecified atom stereocenters. The molecular weight excluding hydrogens is 280 g/mol. The maximum Gasteiger partial charge on any atom is 0.252 e. The van der Waals surface area contributed by atoms with Crippen molar-refractivity contribution in [2.75, 3.05) is 5.73 Å². The molecular formula is C17H14N2OS. The van der Waals surface area contributed by atoms with E-state index < -0.39 is 5.91 Å². The van der Waals surface area contributed by atoms with Gasteiger partial charge in [-0.15, -0.1) is 11.3 Å². The summed E-state index contributed by atoms with van der Waals surface area (Å²) in [7, 11) is 0. The summed E-state index contributed by atoms with van der Waals surface area (Å²) in [5.41, 5.74) is 15.7. The molecule has 1 heterocycles. The number of hydrogen-bond donors (Lipinski definition) is 2. The summed E-state index contributed by atoms with van der Waals surface area (Å²) >= 11 is 1.33. The van der Waals surface area contributed by atoms with E-state index in [0.29, 0.717) is 10.6 Å². The van der Waals surface area contributed by atoms with Crippen molar-refractivity contribution < 1.29 is 4.79 Å². The lowest BCUT2D eigenvalue weighted by atomic mass is 9.99. The van der Waals surface area contributed by atoms with E-state index in [4.69, 9.17) is 11.5 Å². The average Bonchev–Trinajstić information content (AvgIpc) is 2.90. The van der Waals surface area contributed by atoms with Crippen molar-refractivity contribution in [3.05, 3.63) is 65.5 Å². The van der Waals surface area contributed by atoms with Crippen LogP contribution in [-0.2, 0) is 0 Å². The van der Waals surface area contributed by atoms with Gasteiger partial charge in [-0.1, -0.05) is 54.6 Å². The van der Waals surface area contributed by atoms with E-state index in [9.17, 15) is 4.79 Å². The van der Waals surface area contributed by atoms with Crippen molar-refractivity contribution in [2.45, 2.75) is 0 Å². The van der Waals surface area contributed by atoms with Crippen molar-refractivity contribution >= 4 is 22.2 Å². The highest BCUT2D eigenvalue weighted by atomic mass is 32.1. The van der Waals surface area contributed by atoms with Gasteiger partial charge in [-0.3, -0.25) is 4.79 Å². The molecule has 3 rings (SSSR count). The van der Waals surface area contributed by atoms with Crippen LogP contribution in [-0.4, -0.2) is 5.91 Å². The lowest BCUT2D eigenvalue weighted by molar-refractivity contribution is 0.100. The van der Waals surface area contributed by atoms with Gasteiger partial charge in [0, 0.05) is 10.9 Å². The number of nitrogens with two attached hydrogens (primary N) is 2. The van der Waals surface area contributed by atoms with Crippen LogP contribution in [0.3, 0.4) is 0 Å². The zero-order valence-corrected chi connectivity index (χ0v) is 12.1. The Morgan fingerprint density at radius 1 is 0.857 bits per heavy atom. The largest absolute Gasteiger partial charge is 0.390 e. The molecule has 0 bridgehead atoms. The zero-order chi connectivity index (χ0) is 14.8. The Bertz CT molecular complexity index is 776. The van der Waals surface area contributed by atoms with E-state index >= 15 is 0 Å². The maximum atomic E-state index is 11.5. The van der Waals surface area contributed by atoms with E-state index in [2.05, 4.69) is 12.1 Å². The highest BCUT2D eigenvalue weighted by Gasteiger charge is 2.15. The molecule has 0 fully saturated rings. The Morgan fingerprint density at radius 2 is 1.43 bits per heavy atom. The van der Waals surface area contributed by atoms with Gasteiger partial charge in [0.15, 0.2) is 0 Å².